The van der Waals surface area contributed by atoms with Gasteiger partial charge in [-0.05, 0) is 67.8 Å². The van der Waals surface area contributed by atoms with Gasteiger partial charge in [-0.1, -0.05) is 39.0 Å². The smallest absolute Gasteiger partial charge is 0.322 e. The molecule has 0 aliphatic rings. The molecule has 0 fully saturated rings. The Morgan fingerprint density at radius 1 is 1.00 bits per heavy atom. The van der Waals surface area contributed by atoms with E-state index in [0.29, 0.717) is 53.4 Å². The fraction of sp³-hybridized carbons (Fsp3) is 0.323. The summed E-state index contributed by atoms with van der Waals surface area (Å²) < 4.78 is 12.6. The maximum Gasteiger partial charge on any atom is 0.322 e. The monoisotopic (exact) mass is 528 g/mol. The molecule has 0 saturated carbocycles. The van der Waals surface area contributed by atoms with E-state index in [2.05, 4.69) is 19.2 Å². The van der Waals surface area contributed by atoms with Gasteiger partial charge >= 0.3 is 6.03 Å². The lowest BCUT2D eigenvalue weighted by molar-refractivity contribution is 0.171. The second-order valence-corrected chi connectivity index (χ2v) is 9.69. The zero-order valence-electron chi connectivity index (χ0n) is 23.2. The van der Waals surface area contributed by atoms with E-state index >= 15 is 0 Å². The second kappa shape index (κ2) is 12.5. The van der Waals surface area contributed by atoms with Gasteiger partial charge in [-0.15, -0.1) is 0 Å². The maximum atomic E-state index is 13.9. The molecule has 204 valence electrons. The Kier molecular flexibility index (Phi) is 8.86. The van der Waals surface area contributed by atoms with Gasteiger partial charge in [-0.2, -0.15) is 0 Å². The first-order valence-corrected chi connectivity index (χ1v) is 13.3. The Labute approximate surface area is 229 Å². The summed E-state index contributed by atoms with van der Waals surface area (Å²) in [5.41, 5.74) is 1.69. The molecule has 1 N–H and O–H groups in total. The highest BCUT2D eigenvalue weighted by atomic mass is 16.5. The predicted octanol–water partition coefficient (Wildman–Crippen LogP) is 6.43. The van der Waals surface area contributed by atoms with Crippen molar-refractivity contribution in [1.29, 1.82) is 0 Å². The van der Waals surface area contributed by atoms with E-state index in [9.17, 15) is 9.59 Å². The van der Waals surface area contributed by atoms with Crippen LogP contribution in [0.15, 0.2) is 77.6 Å². The number of methoxy groups -OCH3 is 1. The van der Waals surface area contributed by atoms with E-state index < -0.39 is 6.04 Å². The molecule has 1 unspecified atom stereocenters. The molecule has 8 heteroatoms. The van der Waals surface area contributed by atoms with Crippen molar-refractivity contribution >= 4 is 22.6 Å². The standard InChI is InChI=1S/C31H36N4O4/c1-6-28(34(20-21(3)4)31(37)32-22-11-10-12-25(19-22)38-5)29-33-27-14-9-8-13-26(27)30(36)35(29)23-15-17-24(18-16-23)39-7-2/h8-19,21,28H,6-7,20H2,1-5H3,(H,32,37). The molecule has 8 nitrogen and oxygen atoms in total. The van der Waals surface area contributed by atoms with Gasteiger partial charge in [0.05, 0.1) is 36.3 Å². The third-order valence-corrected chi connectivity index (χ3v) is 6.41. The van der Waals surface area contributed by atoms with Gasteiger partial charge in [0.2, 0.25) is 0 Å². The number of carbonyl (C=O) groups excluding carboxylic acids is 1. The van der Waals surface area contributed by atoms with Crippen molar-refractivity contribution in [3.63, 3.8) is 0 Å². The number of aromatic nitrogens is 2. The van der Waals surface area contributed by atoms with Crippen LogP contribution in [-0.2, 0) is 0 Å². The number of nitrogens with one attached hydrogen (secondary N) is 1. The van der Waals surface area contributed by atoms with E-state index in [-0.39, 0.29) is 17.5 Å². The molecular formula is C31H36N4O4. The highest BCUT2D eigenvalue weighted by Gasteiger charge is 2.30. The van der Waals surface area contributed by atoms with Gasteiger partial charge < -0.3 is 19.7 Å². The molecule has 0 aliphatic carbocycles. The number of amides is 2. The molecule has 0 spiro atoms. The van der Waals surface area contributed by atoms with Gasteiger partial charge in [0, 0.05) is 18.3 Å². The van der Waals surface area contributed by atoms with Crippen LogP contribution in [0.25, 0.3) is 16.6 Å². The van der Waals surface area contributed by atoms with E-state index in [0.717, 1.165) is 5.75 Å². The summed E-state index contributed by atoms with van der Waals surface area (Å²) >= 11 is 0. The van der Waals surface area contributed by atoms with Crippen molar-refractivity contribution in [2.24, 2.45) is 5.92 Å². The summed E-state index contributed by atoms with van der Waals surface area (Å²) in [7, 11) is 1.59. The first-order valence-electron chi connectivity index (χ1n) is 13.3. The van der Waals surface area contributed by atoms with E-state index in [4.69, 9.17) is 14.5 Å². The fourth-order valence-corrected chi connectivity index (χ4v) is 4.66. The van der Waals surface area contributed by atoms with Gasteiger partial charge in [-0.25, -0.2) is 9.78 Å². The van der Waals surface area contributed by atoms with Crippen molar-refractivity contribution in [2.75, 3.05) is 25.6 Å². The minimum atomic E-state index is -0.470. The van der Waals surface area contributed by atoms with Crippen LogP contribution in [-0.4, -0.2) is 40.7 Å². The predicted molar refractivity (Wildman–Crippen MR) is 155 cm³/mol. The van der Waals surface area contributed by atoms with Crippen molar-refractivity contribution in [1.82, 2.24) is 14.5 Å². The number of para-hydroxylation sites is 1. The average molecular weight is 529 g/mol. The number of urea groups is 1. The number of ether oxygens (including phenoxy) is 2. The third-order valence-electron chi connectivity index (χ3n) is 6.41. The zero-order chi connectivity index (χ0) is 27.9. The highest BCUT2D eigenvalue weighted by Crippen LogP contribution is 2.28. The molecule has 2 amide bonds. The number of hydrogen-bond acceptors (Lipinski definition) is 5. The number of hydrogen-bond donors (Lipinski definition) is 1. The fourth-order valence-electron chi connectivity index (χ4n) is 4.66. The molecule has 1 heterocycles. The zero-order valence-corrected chi connectivity index (χ0v) is 23.2. The van der Waals surface area contributed by atoms with Crippen LogP contribution in [0.5, 0.6) is 11.5 Å². The van der Waals surface area contributed by atoms with Crippen molar-refractivity contribution in [3.8, 4) is 17.2 Å². The van der Waals surface area contributed by atoms with Crippen molar-refractivity contribution in [3.05, 3.63) is 89.0 Å². The van der Waals surface area contributed by atoms with Gasteiger partial charge in [0.15, 0.2) is 0 Å². The number of rotatable bonds is 10. The Hall–Kier alpha value is -4.33. The molecule has 39 heavy (non-hydrogen) atoms. The minimum absolute atomic E-state index is 0.182. The van der Waals surface area contributed by atoms with Gasteiger partial charge in [0.1, 0.15) is 17.3 Å². The average Bonchev–Trinajstić information content (AvgIpc) is 2.94. The van der Waals surface area contributed by atoms with Gasteiger partial charge in [0.25, 0.3) is 5.56 Å². The normalized spacial score (nSPS) is 11.8. The minimum Gasteiger partial charge on any atom is -0.497 e. The maximum absolute atomic E-state index is 13.9. The van der Waals surface area contributed by atoms with Crippen LogP contribution in [0, 0.1) is 5.92 Å². The van der Waals surface area contributed by atoms with Crippen LogP contribution >= 0.6 is 0 Å². The number of benzene rings is 3. The molecular weight excluding hydrogens is 492 g/mol. The lowest BCUT2D eigenvalue weighted by atomic mass is 10.1. The summed E-state index contributed by atoms with van der Waals surface area (Å²) in [6.45, 7) is 9.07. The summed E-state index contributed by atoms with van der Waals surface area (Å²) in [5, 5.41) is 3.53. The van der Waals surface area contributed by atoms with Crippen LogP contribution in [0.2, 0.25) is 0 Å². The Balaban J connectivity index is 1.85. The molecule has 0 saturated heterocycles. The topological polar surface area (TPSA) is 85.7 Å². The molecule has 4 rings (SSSR count). The molecule has 3 aromatic carbocycles. The quantitative estimate of drug-likeness (QED) is 0.256. The largest absolute Gasteiger partial charge is 0.497 e. The first kappa shape index (κ1) is 27.7. The molecule has 0 aliphatic heterocycles. The van der Waals surface area contributed by atoms with Crippen molar-refractivity contribution < 1.29 is 14.3 Å². The Morgan fingerprint density at radius 2 is 1.74 bits per heavy atom. The SMILES string of the molecule is CCOc1ccc(-n2c(C(CC)N(CC(C)C)C(=O)Nc3cccc(OC)c3)nc3ccccc3c2=O)cc1. The third kappa shape index (κ3) is 6.22. The number of fused-ring (bicyclic) bond motifs is 1. The van der Waals surface area contributed by atoms with E-state index in [1.165, 1.54) is 0 Å². The Bertz CT molecular complexity index is 1480. The van der Waals surface area contributed by atoms with E-state index in [1.807, 2.05) is 74.5 Å². The first-order chi connectivity index (χ1) is 18.9. The molecule has 0 radical (unpaired) electrons. The number of nitrogens with zero attached hydrogens (tertiary/aromatic N) is 3. The van der Waals surface area contributed by atoms with Crippen LogP contribution in [0.3, 0.4) is 0 Å². The lowest BCUT2D eigenvalue weighted by Crippen LogP contribution is -2.42. The molecule has 1 aromatic heterocycles. The van der Waals surface area contributed by atoms with Crippen molar-refractivity contribution in [2.45, 2.75) is 40.2 Å². The molecule has 1 atom stereocenters. The summed E-state index contributed by atoms with van der Waals surface area (Å²) in [4.78, 5) is 34.4. The number of carbonyl (C=O) groups is 1. The van der Waals surface area contributed by atoms with Crippen LogP contribution in [0.1, 0.15) is 46.0 Å². The Morgan fingerprint density at radius 3 is 2.41 bits per heavy atom. The van der Waals surface area contributed by atoms with Crippen LogP contribution in [0.4, 0.5) is 10.5 Å². The summed E-state index contributed by atoms with van der Waals surface area (Å²) in [6.07, 6.45) is 0.556. The lowest BCUT2D eigenvalue weighted by Gasteiger charge is -2.33. The van der Waals surface area contributed by atoms with Gasteiger partial charge in [-0.3, -0.25) is 9.36 Å². The molecule has 0 bridgehead atoms. The summed E-state index contributed by atoms with van der Waals surface area (Å²) in [6, 6.07) is 21.2. The number of anilines is 1. The highest BCUT2D eigenvalue weighted by molar-refractivity contribution is 5.90. The second-order valence-electron chi connectivity index (χ2n) is 9.69. The van der Waals surface area contributed by atoms with Crippen LogP contribution < -0.4 is 20.3 Å². The molecule has 4 aromatic rings. The van der Waals surface area contributed by atoms with E-state index in [1.54, 1.807) is 28.7 Å². The summed E-state index contributed by atoms with van der Waals surface area (Å²) in [5.74, 6) is 2.06.